The van der Waals surface area contributed by atoms with Gasteiger partial charge in [0.15, 0.2) is 0 Å². The van der Waals surface area contributed by atoms with Crippen molar-refractivity contribution in [2.24, 2.45) is 0 Å². The molecule has 0 radical (unpaired) electrons. The molecule has 0 aromatic heterocycles. The van der Waals surface area contributed by atoms with E-state index in [0.717, 1.165) is 5.82 Å². The van der Waals surface area contributed by atoms with Crippen molar-refractivity contribution in [3.05, 3.63) is 34.9 Å². The summed E-state index contributed by atoms with van der Waals surface area (Å²) in [6.45, 7) is 2.22. The Morgan fingerprint density at radius 1 is 1.33 bits per heavy atom. The van der Waals surface area contributed by atoms with Crippen LogP contribution in [0, 0.1) is 0 Å². The van der Waals surface area contributed by atoms with Crippen LogP contribution in [-0.4, -0.2) is 7.85 Å². The van der Waals surface area contributed by atoms with E-state index in [1.165, 1.54) is 24.8 Å². The van der Waals surface area contributed by atoms with E-state index in [0.29, 0.717) is 0 Å². The summed E-state index contributed by atoms with van der Waals surface area (Å²) in [5.41, 5.74) is 4.67. The molecule has 1 atom stereocenters. The molecular weight excluding hydrogens is 143 g/mol. The zero-order chi connectivity index (χ0) is 8.55. The van der Waals surface area contributed by atoms with Crippen LogP contribution in [0.1, 0.15) is 23.6 Å². The fraction of sp³-hybridized carbons (Fsp3) is 0.455. The van der Waals surface area contributed by atoms with E-state index >= 15 is 0 Å². The third kappa shape index (κ3) is 1.28. The third-order valence-corrected chi connectivity index (χ3v) is 2.82. The Bertz CT molecular complexity index is 291. The normalized spacial score (nSPS) is 20.9. The molecule has 0 nitrogen and oxygen atoms in total. The molecule has 1 aliphatic rings. The maximum Gasteiger partial charge on any atom is 0.106 e. The molecule has 0 fully saturated rings. The number of rotatable bonds is 1. The summed E-state index contributed by atoms with van der Waals surface area (Å²) >= 11 is 0. The average Bonchev–Trinajstić information content (AvgIpc) is 2.43. The molecule has 0 amide bonds. The van der Waals surface area contributed by atoms with Crippen LogP contribution in [0.5, 0.6) is 0 Å². The Hall–Kier alpha value is -0.715. The predicted molar refractivity (Wildman–Crippen MR) is 55.5 cm³/mol. The van der Waals surface area contributed by atoms with Crippen LogP contribution in [0.25, 0.3) is 0 Å². The summed E-state index contributed by atoms with van der Waals surface area (Å²) in [5.74, 6) is 0.868. The molecule has 1 aromatic carbocycles. The van der Waals surface area contributed by atoms with Crippen LogP contribution in [0.3, 0.4) is 0 Å². The summed E-state index contributed by atoms with van der Waals surface area (Å²) in [7, 11) is 2.34. The van der Waals surface area contributed by atoms with Crippen molar-refractivity contribution in [3.8, 4) is 0 Å². The minimum absolute atomic E-state index is 0.868. The molecule has 1 aromatic rings. The topological polar surface area (TPSA) is 0 Å². The molecule has 0 heterocycles. The quantitative estimate of drug-likeness (QED) is 0.546. The molecule has 0 spiro atoms. The molecule has 0 saturated heterocycles. The monoisotopic (exact) mass is 158 g/mol. The van der Waals surface area contributed by atoms with E-state index in [9.17, 15) is 0 Å². The highest BCUT2D eigenvalue weighted by Crippen LogP contribution is 2.29. The lowest BCUT2D eigenvalue weighted by molar-refractivity contribution is 0.905. The van der Waals surface area contributed by atoms with Crippen molar-refractivity contribution in [2.75, 3.05) is 0 Å². The van der Waals surface area contributed by atoms with Gasteiger partial charge in [0.25, 0.3) is 0 Å². The van der Waals surface area contributed by atoms with Gasteiger partial charge in [-0.25, -0.2) is 0 Å². The average molecular weight is 158 g/mol. The van der Waals surface area contributed by atoms with Gasteiger partial charge in [-0.2, -0.15) is 0 Å². The van der Waals surface area contributed by atoms with Gasteiger partial charge in [0.05, 0.1) is 0 Å². The largest absolute Gasteiger partial charge is 0.106 e. The Morgan fingerprint density at radius 2 is 2.08 bits per heavy atom. The highest BCUT2D eigenvalue weighted by atomic mass is 14.2. The number of aryl methyl sites for hydroxylation is 1. The van der Waals surface area contributed by atoms with Gasteiger partial charge in [0, 0.05) is 0 Å². The number of hydrogen-bond donors (Lipinski definition) is 0. The van der Waals surface area contributed by atoms with Gasteiger partial charge >= 0.3 is 0 Å². The van der Waals surface area contributed by atoms with Gasteiger partial charge in [-0.3, -0.25) is 0 Å². The van der Waals surface area contributed by atoms with Crippen molar-refractivity contribution in [1.82, 2.24) is 0 Å². The van der Waals surface area contributed by atoms with Gasteiger partial charge in [-0.15, -0.1) is 0 Å². The maximum atomic E-state index is 2.39. The molecule has 12 heavy (non-hydrogen) atoms. The van der Waals surface area contributed by atoms with E-state index in [4.69, 9.17) is 0 Å². The second-order valence-electron chi connectivity index (χ2n) is 3.97. The summed E-state index contributed by atoms with van der Waals surface area (Å²) < 4.78 is 0. The molecule has 0 bridgehead atoms. The number of fused-ring (bicyclic) bond motifs is 1. The van der Waals surface area contributed by atoms with E-state index in [1.807, 2.05) is 0 Å². The Balaban J connectivity index is 2.35. The Labute approximate surface area is 75.4 Å². The minimum atomic E-state index is 0.868. The van der Waals surface area contributed by atoms with Crippen LogP contribution in [0.15, 0.2) is 18.2 Å². The zero-order valence-electron chi connectivity index (χ0n) is 7.93. The SMILES string of the molecule is BC1Cc2ccc(CC)cc2C1. The molecule has 1 aliphatic carbocycles. The summed E-state index contributed by atoms with van der Waals surface area (Å²) in [5, 5.41) is 0. The second kappa shape index (κ2) is 2.97. The van der Waals surface area contributed by atoms with Crippen molar-refractivity contribution >= 4 is 7.85 Å². The summed E-state index contributed by atoms with van der Waals surface area (Å²) in [4.78, 5) is 0. The Kier molecular flexibility index (Phi) is 1.96. The van der Waals surface area contributed by atoms with E-state index < -0.39 is 0 Å². The molecule has 62 valence electrons. The van der Waals surface area contributed by atoms with Crippen molar-refractivity contribution < 1.29 is 0 Å². The van der Waals surface area contributed by atoms with Crippen LogP contribution in [-0.2, 0) is 19.3 Å². The molecule has 1 unspecified atom stereocenters. The van der Waals surface area contributed by atoms with Gasteiger partial charge in [0.2, 0.25) is 0 Å². The van der Waals surface area contributed by atoms with Gasteiger partial charge in [0.1, 0.15) is 7.85 Å². The minimum Gasteiger partial charge on any atom is -0.0617 e. The lowest BCUT2D eigenvalue weighted by Gasteiger charge is -2.01. The van der Waals surface area contributed by atoms with Crippen LogP contribution >= 0.6 is 0 Å². The van der Waals surface area contributed by atoms with E-state index in [2.05, 4.69) is 33.0 Å². The summed E-state index contributed by atoms with van der Waals surface area (Å²) in [6.07, 6.45) is 3.75. The summed E-state index contributed by atoms with van der Waals surface area (Å²) in [6, 6.07) is 6.98. The van der Waals surface area contributed by atoms with Crippen LogP contribution in [0.4, 0.5) is 0 Å². The smallest absolute Gasteiger partial charge is 0.0617 e. The van der Waals surface area contributed by atoms with Crippen molar-refractivity contribution in [2.45, 2.75) is 32.0 Å². The first-order valence-corrected chi connectivity index (χ1v) is 4.90. The lowest BCUT2D eigenvalue weighted by atomic mass is 9.85. The highest BCUT2D eigenvalue weighted by molar-refractivity contribution is 6.12. The molecular formula is C11H15B. The predicted octanol–water partition coefficient (Wildman–Crippen LogP) is 1.77. The second-order valence-corrected chi connectivity index (χ2v) is 3.97. The molecule has 0 aliphatic heterocycles. The van der Waals surface area contributed by atoms with Crippen molar-refractivity contribution in [1.29, 1.82) is 0 Å². The van der Waals surface area contributed by atoms with Gasteiger partial charge in [-0.1, -0.05) is 30.9 Å². The fourth-order valence-electron chi connectivity index (χ4n) is 2.11. The van der Waals surface area contributed by atoms with Crippen LogP contribution in [0.2, 0.25) is 5.82 Å². The lowest BCUT2D eigenvalue weighted by Crippen LogP contribution is -1.87. The molecule has 2 rings (SSSR count). The highest BCUT2D eigenvalue weighted by Gasteiger charge is 2.16. The van der Waals surface area contributed by atoms with E-state index in [-0.39, 0.29) is 0 Å². The van der Waals surface area contributed by atoms with Gasteiger partial charge < -0.3 is 0 Å². The number of hydrogen-bond acceptors (Lipinski definition) is 0. The number of benzene rings is 1. The zero-order valence-corrected chi connectivity index (χ0v) is 7.93. The van der Waals surface area contributed by atoms with E-state index in [1.54, 1.807) is 11.1 Å². The molecule has 1 heteroatoms. The molecule has 0 saturated carbocycles. The first kappa shape index (κ1) is 7.91. The van der Waals surface area contributed by atoms with Crippen LogP contribution < -0.4 is 0 Å². The Morgan fingerprint density at radius 3 is 2.83 bits per heavy atom. The fourth-order valence-corrected chi connectivity index (χ4v) is 2.11. The maximum absolute atomic E-state index is 2.39. The molecule has 0 N–H and O–H groups in total. The first-order chi connectivity index (χ1) is 5.79. The standard InChI is InChI=1S/C11H15B/c1-2-8-3-4-9-6-11(12)7-10(9)5-8/h3-5,11H,2,6-7,12H2,1H3. The van der Waals surface area contributed by atoms with Gasteiger partial charge in [-0.05, 0) is 36.0 Å². The third-order valence-electron chi connectivity index (χ3n) is 2.82. The van der Waals surface area contributed by atoms with Crippen molar-refractivity contribution in [3.63, 3.8) is 0 Å². The first-order valence-electron chi connectivity index (χ1n) is 4.90.